The molecule has 0 N–H and O–H groups in total. The maximum absolute atomic E-state index is 13.0. The van der Waals surface area contributed by atoms with Gasteiger partial charge in [0.15, 0.2) is 6.04 Å². The number of hydrogen-bond donors (Lipinski definition) is 0. The maximum Gasteiger partial charge on any atom is 0.251 e. The molecule has 1 aliphatic rings. The second-order valence-corrected chi connectivity index (χ2v) is 7.37. The monoisotopic (exact) mass is 377 g/mol. The second-order valence-electron chi connectivity index (χ2n) is 7.37. The molecule has 1 saturated heterocycles. The van der Waals surface area contributed by atoms with E-state index in [1.807, 2.05) is 68.1 Å². The smallest absolute Gasteiger partial charge is 0.251 e. The zero-order chi connectivity index (χ0) is 19.7. The van der Waals surface area contributed by atoms with Crippen LogP contribution >= 0.6 is 0 Å². The number of carbonyl (C=O) groups is 1. The Morgan fingerprint density at radius 3 is 2.64 bits per heavy atom. The molecule has 28 heavy (non-hydrogen) atoms. The van der Waals surface area contributed by atoms with E-state index in [9.17, 15) is 4.79 Å². The van der Waals surface area contributed by atoms with Gasteiger partial charge >= 0.3 is 0 Å². The van der Waals surface area contributed by atoms with Crippen molar-refractivity contribution in [3.05, 3.63) is 71.5 Å². The van der Waals surface area contributed by atoms with Crippen molar-refractivity contribution in [2.24, 2.45) is 0 Å². The molecule has 0 saturated carbocycles. The molecule has 1 aromatic heterocycles. The van der Waals surface area contributed by atoms with Crippen LogP contribution in [0.1, 0.15) is 42.6 Å². The van der Waals surface area contributed by atoms with Crippen molar-refractivity contribution in [3.63, 3.8) is 0 Å². The summed E-state index contributed by atoms with van der Waals surface area (Å²) in [6, 6.07) is 15.6. The van der Waals surface area contributed by atoms with Crippen LogP contribution in [0.3, 0.4) is 0 Å². The number of benzene rings is 2. The summed E-state index contributed by atoms with van der Waals surface area (Å²) >= 11 is 0. The molecule has 7 nitrogen and oxygen atoms in total. The van der Waals surface area contributed by atoms with Crippen molar-refractivity contribution < 1.29 is 9.53 Å². The van der Waals surface area contributed by atoms with Crippen LogP contribution in [-0.4, -0.2) is 37.1 Å². The van der Waals surface area contributed by atoms with Crippen molar-refractivity contribution in [1.82, 2.24) is 25.1 Å². The fourth-order valence-corrected chi connectivity index (χ4v) is 3.66. The lowest BCUT2D eigenvalue weighted by atomic mass is 9.87. The summed E-state index contributed by atoms with van der Waals surface area (Å²) in [5.41, 5.74) is 3.26. The van der Waals surface area contributed by atoms with E-state index >= 15 is 0 Å². The highest BCUT2D eigenvalue weighted by Crippen LogP contribution is 2.44. The molecule has 2 heterocycles. The number of rotatable bonds is 6. The van der Waals surface area contributed by atoms with Crippen LogP contribution in [0.4, 0.5) is 0 Å². The molecule has 1 aliphatic heterocycles. The van der Waals surface area contributed by atoms with Crippen molar-refractivity contribution in [3.8, 4) is 5.75 Å². The second kappa shape index (κ2) is 7.42. The van der Waals surface area contributed by atoms with E-state index in [1.54, 1.807) is 4.68 Å². The zero-order valence-corrected chi connectivity index (χ0v) is 16.2. The van der Waals surface area contributed by atoms with Crippen LogP contribution in [0.15, 0.2) is 54.9 Å². The first-order valence-corrected chi connectivity index (χ1v) is 9.38. The van der Waals surface area contributed by atoms with E-state index in [4.69, 9.17) is 4.74 Å². The fraction of sp³-hybridized carbons (Fsp3) is 0.333. The molecule has 1 fully saturated rings. The average molecular weight is 377 g/mol. The quantitative estimate of drug-likeness (QED) is 0.617. The Morgan fingerprint density at radius 2 is 1.93 bits per heavy atom. The van der Waals surface area contributed by atoms with Crippen LogP contribution < -0.4 is 4.74 Å². The summed E-state index contributed by atoms with van der Waals surface area (Å²) in [7, 11) is 0. The standard InChI is InChI=1S/C21H23N5O2/c1-14(2)28-18-9-5-7-16(11-18)12-25-19(17-8-4-6-15(3)10-17)20(21(25)27)26-13-22-23-24-26/h4-11,13-14,19-20H,12H2,1-3H3/t19-,20-/m1/s1. The molecule has 3 aromatic rings. The number of amides is 1. The van der Waals surface area contributed by atoms with Gasteiger partial charge in [-0.15, -0.1) is 5.10 Å². The minimum Gasteiger partial charge on any atom is -0.491 e. The Balaban J connectivity index is 1.63. The van der Waals surface area contributed by atoms with Gasteiger partial charge in [0.25, 0.3) is 5.91 Å². The van der Waals surface area contributed by atoms with Crippen molar-refractivity contribution in [2.75, 3.05) is 0 Å². The number of nitrogens with zero attached hydrogens (tertiary/aromatic N) is 5. The van der Waals surface area contributed by atoms with Gasteiger partial charge in [-0.3, -0.25) is 4.79 Å². The summed E-state index contributed by atoms with van der Waals surface area (Å²) < 4.78 is 7.33. The Kier molecular flexibility index (Phi) is 4.81. The van der Waals surface area contributed by atoms with E-state index in [-0.39, 0.29) is 18.1 Å². The Labute approximate surface area is 163 Å². The van der Waals surface area contributed by atoms with E-state index < -0.39 is 6.04 Å². The molecule has 144 valence electrons. The molecular weight excluding hydrogens is 354 g/mol. The van der Waals surface area contributed by atoms with Gasteiger partial charge in [0.2, 0.25) is 0 Å². The number of aryl methyl sites for hydroxylation is 1. The topological polar surface area (TPSA) is 73.1 Å². The predicted molar refractivity (Wildman–Crippen MR) is 104 cm³/mol. The molecule has 1 amide bonds. The Hall–Kier alpha value is -3.22. The van der Waals surface area contributed by atoms with Crippen LogP contribution in [-0.2, 0) is 11.3 Å². The van der Waals surface area contributed by atoms with Gasteiger partial charge in [-0.25, -0.2) is 4.68 Å². The first kappa shape index (κ1) is 18.2. The van der Waals surface area contributed by atoms with Crippen LogP contribution in [0.2, 0.25) is 0 Å². The molecule has 4 rings (SSSR count). The number of likely N-dealkylation sites (tertiary alicyclic amines) is 1. The normalized spacial score (nSPS) is 19.0. The van der Waals surface area contributed by atoms with Gasteiger partial charge in [0.1, 0.15) is 12.1 Å². The number of aromatic nitrogens is 4. The van der Waals surface area contributed by atoms with Crippen LogP contribution in [0, 0.1) is 6.92 Å². The van der Waals surface area contributed by atoms with Gasteiger partial charge in [-0.2, -0.15) is 0 Å². The molecule has 7 heteroatoms. The first-order chi connectivity index (χ1) is 13.5. The third-order valence-corrected chi connectivity index (χ3v) is 4.83. The molecule has 0 bridgehead atoms. The lowest BCUT2D eigenvalue weighted by Gasteiger charge is -2.47. The number of β-lactam (4-membered cyclic amide) rings is 1. The van der Waals surface area contributed by atoms with Crippen molar-refractivity contribution in [1.29, 1.82) is 0 Å². The highest BCUT2D eigenvalue weighted by Gasteiger charge is 2.50. The number of tetrazole rings is 1. The lowest BCUT2D eigenvalue weighted by Crippen LogP contribution is -2.55. The van der Waals surface area contributed by atoms with E-state index in [0.29, 0.717) is 6.54 Å². The van der Waals surface area contributed by atoms with Gasteiger partial charge in [0.05, 0.1) is 12.1 Å². The van der Waals surface area contributed by atoms with Gasteiger partial charge < -0.3 is 9.64 Å². The predicted octanol–water partition coefficient (Wildman–Crippen LogP) is 3.09. The van der Waals surface area contributed by atoms with Gasteiger partial charge in [0, 0.05) is 6.54 Å². The number of hydrogen-bond acceptors (Lipinski definition) is 5. The highest BCUT2D eigenvalue weighted by atomic mass is 16.5. The molecule has 0 unspecified atom stereocenters. The summed E-state index contributed by atoms with van der Waals surface area (Å²) in [5, 5.41) is 11.4. The van der Waals surface area contributed by atoms with Crippen molar-refractivity contribution >= 4 is 5.91 Å². The van der Waals surface area contributed by atoms with Gasteiger partial charge in [-0.05, 0) is 54.5 Å². The minimum atomic E-state index is -0.424. The molecule has 0 aliphatic carbocycles. The first-order valence-electron chi connectivity index (χ1n) is 9.38. The Bertz CT molecular complexity index is 970. The lowest BCUT2D eigenvalue weighted by molar-refractivity contribution is -0.157. The average Bonchev–Trinajstić information content (AvgIpc) is 3.17. The fourth-order valence-electron chi connectivity index (χ4n) is 3.66. The molecule has 2 aromatic carbocycles. The van der Waals surface area contributed by atoms with Crippen molar-refractivity contribution in [2.45, 2.75) is 45.5 Å². The maximum atomic E-state index is 13.0. The largest absolute Gasteiger partial charge is 0.491 e. The summed E-state index contributed by atoms with van der Waals surface area (Å²) in [6.07, 6.45) is 1.60. The van der Waals surface area contributed by atoms with E-state index in [0.717, 1.165) is 22.4 Å². The van der Waals surface area contributed by atoms with Crippen LogP contribution in [0.5, 0.6) is 5.75 Å². The third-order valence-electron chi connectivity index (χ3n) is 4.83. The molecule has 2 atom stereocenters. The zero-order valence-electron chi connectivity index (χ0n) is 16.2. The molecule has 0 spiro atoms. The van der Waals surface area contributed by atoms with E-state index in [1.165, 1.54) is 6.33 Å². The van der Waals surface area contributed by atoms with E-state index in [2.05, 4.69) is 21.6 Å². The SMILES string of the molecule is Cc1cccc([C@@H]2[C@@H](n3cnnn3)C(=O)N2Cc2cccc(OC(C)C)c2)c1. The summed E-state index contributed by atoms with van der Waals surface area (Å²) in [4.78, 5) is 14.8. The molecular formula is C21H23N5O2. The summed E-state index contributed by atoms with van der Waals surface area (Å²) in [5.74, 6) is 0.818. The Morgan fingerprint density at radius 1 is 1.11 bits per heavy atom. The minimum absolute atomic E-state index is 0.00832. The number of carbonyl (C=O) groups excluding carboxylic acids is 1. The highest BCUT2D eigenvalue weighted by molar-refractivity contribution is 5.88. The molecule has 0 radical (unpaired) electrons. The van der Waals surface area contributed by atoms with Gasteiger partial charge in [-0.1, -0.05) is 42.0 Å². The third kappa shape index (κ3) is 3.47. The van der Waals surface area contributed by atoms with Crippen LogP contribution in [0.25, 0.3) is 0 Å². The summed E-state index contributed by atoms with van der Waals surface area (Å²) in [6.45, 7) is 6.55. The number of ether oxygens (including phenoxy) is 1.